The number of aliphatic carboxylic acids is 1. The Hall–Kier alpha value is -2.04. The molecule has 0 spiro atoms. The van der Waals surface area contributed by atoms with Gasteiger partial charge in [0, 0.05) is 24.8 Å². The van der Waals surface area contributed by atoms with Crippen LogP contribution in [0.15, 0.2) is 30.3 Å². The largest absolute Gasteiger partial charge is 0.481 e. The Morgan fingerprint density at radius 2 is 1.85 bits per heavy atom. The van der Waals surface area contributed by atoms with Gasteiger partial charge in [-0.05, 0) is 44.2 Å². The fourth-order valence-electron chi connectivity index (χ4n) is 4.57. The lowest BCUT2D eigenvalue weighted by atomic mass is 9.67. The number of carboxylic acids is 1. The van der Waals surface area contributed by atoms with Crippen molar-refractivity contribution in [1.29, 1.82) is 0 Å². The van der Waals surface area contributed by atoms with Gasteiger partial charge >= 0.3 is 5.97 Å². The number of para-hydroxylation sites is 1. The molecule has 1 heterocycles. The lowest BCUT2D eigenvalue weighted by Gasteiger charge is -2.38. The first-order valence-electron chi connectivity index (χ1n) is 9.82. The van der Waals surface area contributed by atoms with Crippen LogP contribution in [-0.2, 0) is 9.59 Å². The minimum Gasteiger partial charge on any atom is -0.481 e. The first kappa shape index (κ1) is 18.7. The summed E-state index contributed by atoms with van der Waals surface area (Å²) in [4.78, 5) is 26.8. The van der Waals surface area contributed by atoms with E-state index in [-0.39, 0.29) is 24.3 Å². The van der Waals surface area contributed by atoms with Crippen molar-refractivity contribution in [3.8, 4) is 0 Å². The number of carbonyl (C=O) groups is 2. The Balaban J connectivity index is 1.65. The Bertz CT molecular complexity index is 627. The van der Waals surface area contributed by atoms with Gasteiger partial charge in [0.05, 0.1) is 11.8 Å². The summed E-state index contributed by atoms with van der Waals surface area (Å²) in [7, 11) is 0. The van der Waals surface area contributed by atoms with Gasteiger partial charge in [0.1, 0.15) is 0 Å². The molecule has 1 amide bonds. The minimum atomic E-state index is -0.884. The molecule has 0 bridgehead atoms. The maximum atomic E-state index is 13.1. The van der Waals surface area contributed by atoms with E-state index in [1.54, 1.807) is 0 Å². The molecular formula is C21H30N2O3. The molecule has 142 valence electrons. The topological polar surface area (TPSA) is 69.6 Å². The maximum Gasteiger partial charge on any atom is 0.304 e. The molecule has 2 fully saturated rings. The highest BCUT2D eigenvalue weighted by Crippen LogP contribution is 2.41. The molecule has 1 saturated heterocycles. The second kappa shape index (κ2) is 8.11. The zero-order chi connectivity index (χ0) is 18.6. The van der Waals surface area contributed by atoms with E-state index in [2.05, 4.69) is 22.3 Å². The summed E-state index contributed by atoms with van der Waals surface area (Å²) in [6, 6.07) is 10.3. The number of benzene rings is 1. The Morgan fingerprint density at radius 1 is 1.15 bits per heavy atom. The van der Waals surface area contributed by atoms with E-state index in [1.165, 1.54) is 12.1 Å². The van der Waals surface area contributed by atoms with Crippen LogP contribution in [0, 0.1) is 11.3 Å². The van der Waals surface area contributed by atoms with Gasteiger partial charge in [0.25, 0.3) is 0 Å². The lowest BCUT2D eigenvalue weighted by Crippen LogP contribution is -2.49. The second-order valence-electron chi connectivity index (χ2n) is 8.06. The molecule has 2 unspecified atom stereocenters. The van der Waals surface area contributed by atoms with Crippen LogP contribution in [-0.4, -0.2) is 36.1 Å². The number of anilines is 1. The van der Waals surface area contributed by atoms with Crippen molar-refractivity contribution in [1.82, 2.24) is 5.32 Å². The number of nitrogens with zero attached hydrogens (tertiary/aromatic N) is 1. The van der Waals surface area contributed by atoms with E-state index in [1.807, 2.05) is 25.1 Å². The molecule has 5 nitrogen and oxygen atoms in total. The molecule has 26 heavy (non-hydrogen) atoms. The summed E-state index contributed by atoms with van der Waals surface area (Å²) in [5.74, 6) is -0.795. The Labute approximate surface area is 155 Å². The van der Waals surface area contributed by atoms with Gasteiger partial charge in [0.15, 0.2) is 0 Å². The van der Waals surface area contributed by atoms with Crippen LogP contribution in [0.1, 0.15) is 51.9 Å². The lowest BCUT2D eigenvalue weighted by molar-refractivity contribution is -0.148. The van der Waals surface area contributed by atoms with Gasteiger partial charge < -0.3 is 15.3 Å². The Kier molecular flexibility index (Phi) is 5.84. The van der Waals surface area contributed by atoms with Crippen molar-refractivity contribution in [3.05, 3.63) is 30.3 Å². The van der Waals surface area contributed by atoms with Crippen LogP contribution in [0.2, 0.25) is 0 Å². The fourth-order valence-corrected chi connectivity index (χ4v) is 4.57. The Morgan fingerprint density at radius 3 is 2.50 bits per heavy atom. The zero-order valence-corrected chi connectivity index (χ0v) is 15.6. The van der Waals surface area contributed by atoms with E-state index in [4.69, 9.17) is 0 Å². The number of amides is 1. The standard InChI is InChI=1S/C21H30N2O3/c1-21(14-19(24)25,16-8-4-2-5-9-16)20(26)22-17-12-13-23(15-17)18-10-6-3-7-11-18/h3,6-7,10-11,16-17H,2,4-5,8-9,12-15H2,1H3,(H,22,26)(H,24,25). The van der Waals surface area contributed by atoms with E-state index < -0.39 is 11.4 Å². The van der Waals surface area contributed by atoms with Crippen molar-refractivity contribution < 1.29 is 14.7 Å². The molecule has 1 aliphatic heterocycles. The van der Waals surface area contributed by atoms with Crippen molar-refractivity contribution >= 4 is 17.6 Å². The van der Waals surface area contributed by atoms with E-state index in [0.29, 0.717) is 0 Å². The average molecular weight is 358 g/mol. The first-order chi connectivity index (χ1) is 12.5. The summed E-state index contributed by atoms with van der Waals surface area (Å²) in [5.41, 5.74) is 0.358. The van der Waals surface area contributed by atoms with Crippen molar-refractivity contribution in [3.63, 3.8) is 0 Å². The molecule has 2 aliphatic rings. The van der Waals surface area contributed by atoms with Crippen LogP contribution < -0.4 is 10.2 Å². The third-order valence-corrected chi connectivity index (χ3v) is 6.19. The smallest absolute Gasteiger partial charge is 0.304 e. The zero-order valence-electron chi connectivity index (χ0n) is 15.6. The highest BCUT2D eigenvalue weighted by atomic mass is 16.4. The SMILES string of the molecule is CC(CC(=O)O)(C(=O)NC1CCN(c2ccccc2)C1)C1CCCCC1. The van der Waals surface area contributed by atoms with Crippen molar-refractivity contribution in [2.24, 2.45) is 11.3 Å². The first-order valence-corrected chi connectivity index (χ1v) is 9.82. The molecule has 1 aromatic rings. The minimum absolute atomic E-state index is 0.0771. The average Bonchev–Trinajstić information content (AvgIpc) is 3.11. The van der Waals surface area contributed by atoms with E-state index in [0.717, 1.165) is 45.2 Å². The molecule has 0 aromatic heterocycles. The number of hydrogen-bond donors (Lipinski definition) is 2. The van der Waals surface area contributed by atoms with Gasteiger partial charge in [-0.1, -0.05) is 37.5 Å². The third kappa shape index (κ3) is 4.19. The van der Waals surface area contributed by atoms with Crippen LogP contribution >= 0.6 is 0 Å². The highest BCUT2D eigenvalue weighted by Gasteiger charge is 2.44. The third-order valence-electron chi connectivity index (χ3n) is 6.19. The predicted molar refractivity (Wildman–Crippen MR) is 102 cm³/mol. The summed E-state index contributed by atoms with van der Waals surface area (Å²) >= 11 is 0. The fraction of sp³-hybridized carbons (Fsp3) is 0.619. The van der Waals surface area contributed by atoms with Gasteiger partial charge in [-0.15, -0.1) is 0 Å². The number of hydrogen-bond acceptors (Lipinski definition) is 3. The number of rotatable bonds is 6. The van der Waals surface area contributed by atoms with Crippen LogP contribution in [0.3, 0.4) is 0 Å². The van der Waals surface area contributed by atoms with Crippen LogP contribution in [0.5, 0.6) is 0 Å². The van der Waals surface area contributed by atoms with Crippen molar-refractivity contribution in [2.45, 2.75) is 57.9 Å². The van der Waals surface area contributed by atoms with Crippen LogP contribution in [0.25, 0.3) is 0 Å². The monoisotopic (exact) mass is 358 g/mol. The number of carbonyl (C=O) groups excluding carboxylic acids is 1. The molecule has 1 saturated carbocycles. The summed E-state index contributed by atoms with van der Waals surface area (Å²) < 4.78 is 0. The molecule has 5 heteroatoms. The summed E-state index contributed by atoms with van der Waals surface area (Å²) in [5, 5.41) is 12.6. The molecular weight excluding hydrogens is 328 g/mol. The second-order valence-corrected chi connectivity index (χ2v) is 8.06. The number of nitrogens with one attached hydrogen (secondary N) is 1. The van der Waals surface area contributed by atoms with Gasteiger partial charge in [-0.2, -0.15) is 0 Å². The summed E-state index contributed by atoms with van der Waals surface area (Å²) in [6.07, 6.45) is 6.11. The maximum absolute atomic E-state index is 13.1. The van der Waals surface area contributed by atoms with E-state index >= 15 is 0 Å². The van der Waals surface area contributed by atoms with Crippen molar-refractivity contribution in [2.75, 3.05) is 18.0 Å². The predicted octanol–water partition coefficient (Wildman–Crippen LogP) is 3.44. The molecule has 0 radical (unpaired) electrons. The molecule has 1 aromatic carbocycles. The quantitative estimate of drug-likeness (QED) is 0.817. The molecule has 2 atom stereocenters. The molecule has 3 rings (SSSR count). The number of carboxylic acid groups (broad SMARTS) is 1. The van der Waals surface area contributed by atoms with E-state index in [9.17, 15) is 14.7 Å². The molecule has 1 aliphatic carbocycles. The van der Waals surface area contributed by atoms with Gasteiger partial charge in [-0.3, -0.25) is 9.59 Å². The normalized spacial score (nSPS) is 23.4. The van der Waals surface area contributed by atoms with Gasteiger partial charge in [-0.25, -0.2) is 0 Å². The van der Waals surface area contributed by atoms with Gasteiger partial charge in [0.2, 0.25) is 5.91 Å². The highest BCUT2D eigenvalue weighted by molar-refractivity contribution is 5.87. The van der Waals surface area contributed by atoms with Crippen LogP contribution in [0.4, 0.5) is 5.69 Å². The summed E-state index contributed by atoms with van der Waals surface area (Å²) in [6.45, 7) is 3.55. The molecule has 2 N–H and O–H groups in total.